The molecule has 0 amide bonds. The Labute approximate surface area is 170 Å². The molecular weight excluding hydrogens is 390 g/mol. The summed E-state index contributed by atoms with van der Waals surface area (Å²) in [5.41, 5.74) is 2.09. The van der Waals surface area contributed by atoms with E-state index in [1.165, 1.54) is 23.5 Å². The van der Waals surface area contributed by atoms with Crippen molar-refractivity contribution in [3.8, 4) is 17.0 Å². The minimum absolute atomic E-state index is 0.0300. The third-order valence-corrected chi connectivity index (χ3v) is 5.49. The van der Waals surface area contributed by atoms with Crippen LogP contribution in [0.15, 0.2) is 57.7 Å². The van der Waals surface area contributed by atoms with Crippen molar-refractivity contribution in [3.63, 3.8) is 0 Å². The van der Waals surface area contributed by atoms with Gasteiger partial charge in [0.25, 0.3) is 0 Å². The van der Waals surface area contributed by atoms with Gasteiger partial charge in [-0.15, -0.1) is 11.3 Å². The van der Waals surface area contributed by atoms with E-state index in [1.807, 2.05) is 37.3 Å². The van der Waals surface area contributed by atoms with Gasteiger partial charge in [0, 0.05) is 28.1 Å². The number of fused-ring (bicyclic) bond motifs is 1. The first-order chi connectivity index (χ1) is 13.9. The van der Waals surface area contributed by atoms with Gasteiger partial charge < -0.3 is 14.3 Å². The second-order valence-corrected chi connectivity index (χ2v) is 7.73. The fraction of sp³-hybridized carbons (Fsp3) is 0.136. The summed E-state index contributed by atoms with van der Waals surface area (Å²) in [5, 5.41) is 11.2. The first kappa shape index (κ1) is 18.9. The number of phenolic OH excluding ortho intramolecular Hbond substituents is 1. The first-order valence-corrected chi connectivity index (χ1v) is 9.71. The zero-order valence-corrected chi connectivity index (χ0v) is 16.6. The van der Waals surface area contributed by atoms with Crippen LogP contribution in [0, 0.1) is 13.8 Å². The fourth-order valence-corrected chi connectivity index (χ4v) is 3.94. The molecule has 0 fully saturated rings. The largest absolute Gasteiger partial charge is 0.508 e. The maximum absolute atomic E-state index is 12.8. The van der Waals surface area contributed by atoms with E-state index in [1.54, 1.807) is 13.0 Å². The molecular formula is C22H17NO5S. The number of nitrogens with zero attached hydrogens (tertiary/aromatic N) is 1. The molecule has 7 heteroatoms. The molecule has 0 atom stereocenters. The summed E-state index contributed by atoms with van der Waals surface area (Å²) in [4.78, 5) is 29.6. The van der Waals surface area contributed by atoms with Crippen molar-refractivity contribution in [2.75, 3.05) is 0 Å². The summed E-state index contributed by atoms with van der Waals surface area (Å²) in [6.07, 6.45) is 0. The molecule has 0 bridgehead atoms. The molecule has 0 aliphatic heterocycles. The van der Waals surface area contributed by atoms with Crippen LogP contribution in [0.2, 0.25) is 0 Å². The smallest absolute Gasteiger partial charge is 0.350 e. The van der Waals surface area contributed by atoms with Crippen LogP contribution in [0.1, 0.15) is 25.8 Å². The van der Waals surface area contributed by atoms with E-state index < -0.39 is 11.6 Å². The van der Waals surface area contributed by atoms with Crippen molar-refractivity contribution in [2.24, 2.45) is 0 Å². The number of thiazole rings is 1. The molecule has 2 aromatic heterocycles. The van der Waals surface area contributed by atoms with Crippen LogP contribution in [0.3, 0.4) is 0 Å². The van der Waals surface area contributed by atoms with Gasteiger partial charge in [0.2, 0.25) is 0 Å². The quantitative estimate of drug-likeness (QED) is 0.393. The molecule has 0 saturated carbocycles. The molecule has 6 nitrogen and oxygen atoms in total. The lowest BCUT2D eigenvalue weighted by Crippen LogP contribution is -2.08. The lowest BCUT2D eigenvalue weighted by Gasteiger charge is -2.09. The van der Waals surface area contributed by atoms with E-state index in [-0.39, 0.29) is 17.9 Å². The number of benzene rings is 2. The van der Waals surface area contributed by atoms with Crippen LogP contribution >= 0.6 is 11.3 Å². The van der Waals surface area contributed by atoms with Crippen molar-refractivity contribution in [1.29, 1.82) is 0 Å². The number of hydrogen-bond acceptors (Lipinski definition) is 7. The van der Waals surface area contributed by atoms with Crippen molar-refractivity contribution in [2.45, 2.75) is 20.5 Å². The summed E-state index contributed by atoms with van der Waals surface area (Å²) < 4.78 is 10.7. The third-order valence-electron chi connectivity index (χ3n) is 4.54. The standard InChI is InChI=1S/C22H17NO5S/c1-12-17(24)9-8-16-15(10-18(25)28-20(12)16)11-27-22(26)21-19(23-13(2)29-21)14-6-4-3-5-7-14/h3-10,24H,11H2,1-2H3. The monoisotopic (exact) mass is 407 g/mol. The van der Waals surface area contributed by atoms with Gasteiger partial charge in [-0.25, -0.2) is 14.6 Å². The molecule has 29 heavy (non-hydrogen) atoms. The number of aryl methyl sites for hydroxylation is 2. The number of carbonyl (C=O) groups is 1. The van der Waals surface area contributed by atoms with Gasteiger partial charge in [0.05, 0.1) is 10.7 Å². The Hall–Kier alpha value is -3.45. The van der Waals surface area contributed by atoms with Crippen molar-refractivity contribution in [3.05, 3.63) is 80.0 Å². The van der Waals surface area contributed by atoms with E-state index in [2.05, 4.69) is 4.98 Å². The Balaban J connectivity index is 1.65. The summed E-state index contributed by atoms with van der Waals surface area (Å²) in [6, 6.07) is 13.9. The number of hydrogen-bond donors (Lipinski definition) is 1. The van der Waals surface area contributed by atoms with Crippen LogP contribution in [0.4, 0.5) is 0 Å². The maximum Gasteiger partial charge on any atom is 0.350 e. The van der Waals surface area contributed by atoms with E-state index >= 15 is 0 Å². The number of carbonyl (C=O) groups excluding carboxylic acids is 1. The highest BCUT2D eigenvalue weighted by molar-refractivity contribution is 7.14. The first-order valence-electron chi connectivity index (χ1n) is 8.89. The van der Waals surface area contributed by atoms with Crippen LogP contribution in [-0.2, 0) is 11.3 Å². The predicted octanol–water partition coefficient (Wildman–Crippen LogP) is 4.60. The Morgan fingerprint density at radius 3 is 2.69 bits per heavy atom. The summed E-state index contributed by atoms with van der Waals surface area (Å²) in [7, 11) is 0. The van der Waals surface area contributed by atoms with E-state index in [4.69, 9.17) is 9.15 Å². The minimum atomic E-state index is -0.573. The molecule has 0 spiro atoms. The van der Waals surface area contributed by atoms with Crippen molar-refractivity contribution in [1.82, 2.24) is 4.98 Å². The zero-order chi connectivity index (χ0) is 20.5. The number of aromatic nitrogens is 1. The number of phenols is 1. The Morgan fingerprint density at radius 1 is 1.17 bits per heavy atom. The van der Waals surface area contributed by atoms with Gasteiger partial charge in [-0.1, -0.05) is 30.3 Å². The molecule has 2 heterocycles. The fourth-order valence-electron chi connectivity index (χ4n) is 3.10. The number of rotatable bonds is 4. The SMILES string of the molecule is Cc1nc(-c2ccccc2)c(C(=O)OCc2cc(=O)oc3c(C)c(O)ccc23)s1. The molecule has 2 aromatic carbocycles. The molecule has 0 aliphatic carbocycles. The van der Waals surface area contributed by atoms with E-state index in [9.17, 15) is 14.7 Å². The number of aromatic hydroxyl groups is 1. The Bertz CT molecular complexity index is 1270. The van der Waals surface area contributed by atoms with Gasteiger partial charge in [0.1, 0.15) is 22.8 Å². The van der Waals surface area contributed by atoms with Gasteiger partial charge >= 0.3 is 11.6 Å². The average Bonchev–Trinajstić information content (AvgIpc) is 3.11. The van der Waals surface area contributed by atoms with E-state index in [0.29, 0.717) is 27.1 Å². The molecule has 4 rings (SSSR count). The highest BCUT2D eigenvalue weighted by Gasteiger charge is 2.20. The normalized spacial score (nSPS) is 11.0. The number of esters is 1. The van der Waals surface area contributed by atoms with Gasteiger partial charge in [-0.3, -0.25) is 0 Å². The average molecular weight is 407 g/mol. The summed E-state index contributed by atoms with van der Waals surface area (Å²) in [6.45, 7) is 3.39. The molecule has 1 N–H and O–H groups in total. The molecule has 146 valence electrons. The van der Waals surface area contributed by atoms with Crippen LogP contribution in [-0.4, -0.2) is 16.1 Å². The molecule has 0 unspecified atom stereocenters. The van der Waals surface area contributed by atoms with Crippen LogP contribution in [0.25, 0.3) is 22.2 Å². The van der Waals surface area contributed by atoms with Gasteiger partial charge in [0.15, 0.2) is 0 Å². The summed E-state index contributed by atoms with van der Waals surface area (Å²) >= 11 is 1.26. The minimum Gasteiger partial charge on any atom is -0.508 e. The third kappa shape index (κ3) is 3.64. The topological polar surface area (TPSA) is 89.6 Å². The second-order valence-electron chi connectivity index (χ2n) is 6.53. The summed E-state index contributed by atoms with van der Waals surface area (Å²) in [5.74, 6) is -0.478. The second kappa shape index (κ2) is 7.52. The van der Waals surface area contributed by atoms with Crippen molar-refractivity contribution < 1.29 is 19.1 Å². The molecule has 0 radical (unpaired) electrons. The van der Waals surface area contributed by atoms with Crippen LogP contribution < -0.4 is 5.63 Å². The van der Waals surface area contributed by atoms with E-state index in [0.717, 1.165) is 10.6 Å². The van der Waals surface area contributed by atoms with Gasteiger partial charge in [-0.2, -0.15) is 0 Å². The Morgan fingerprint density at radius 2 is 1.93 bits per heavy atom. The molecule has 0 aliphatic rings. The highest BCUT2D eigenvalue weighted by atomic mass is 32.1. The maximum atomic E-state index is 12.8. The lowest BCUT2D eigenvalue weighted by molar-refractivity contribution is 0.0480. The number of ether oxygens (including phenoxy) is 1. The highest BCUT2D eigenvalue weighted by Crippen LogP contribution is 2.30. The Kier molecular flexibility index (Phi) is 4.90. The van der Waals surface area contributed by atoms with Crippen LogP contribution in [0.5, 0.6) is 5.75 Å². The zero-order valence-electron chi connectivity index (χ0n) is 15.8. The van der Waals surface area contributed by atoms with Gasteiger partial charge in [-0.05, 0) is 26.0 Å². The molecule has 0 saturated heterocycles. The lowest BCUT2D eigenvalue weighted by atomic mass is 10.1. The van der Waals surface area contributed by atoms with Crippen molar-refractivity contribution >= 4 is 28.3 Å². The predicted molar refractivity (Wildman–Crippen MR) is 110 cm³/mol. The molecule has 4 aromatic rings.